The minimum absolute atomic E-state index is 0.0143. The molecule has 9 heteroatoms. The molecule has 1 aliphatic rings. The fraction of sp³-hybridized carbons (Fsp3) is 0.389. The number of hydrogen-bond donors (Lipinski definition) is 2. The third kappa shape index (κ3) is 3.16. The molecule has 1 aromatic carbocycles. The maximum Gasteiger partial charge on any atom is 0.410 e. The average Bonchev–Trinajstić information content (AvgIpc) is 3.22. The summed E-state index contributed by atoms with van der Waals surface area (Å²) < 4.78 is 12.4. The van der Waals surface area contributed by atoms with Crippen LogP contribution in [0.1, 0.15) is 37.6 Å². The molecular weight excluding hydrogens is 350 g/mol. The van der Waals surface area contributed by atoms with E-state index in [-0.39, 0.29) is 17.7 Å². The molecule has 27 heavy (non-hydrogen) atoms. The minimum atomic E-state index is -0.538. The smallest absolute Gasteiger partial charge is 0.410 e. The van der Waals surface area contributed by atoms with Gasteiger partial charge in [0.1, 0.15) is 16.7 Å². The lowest BCUT2D eigenvalue weighted by atomic mass is 10.1. The lowest BCUT2D eigenvalue weighted by molar-refractivity contribution is 0.0238. The number of fused-ring (bicyclic) bond motifs is 2. The first kappa shape index (κ1) is 17.2. The van der Waals surface area contributed by atoms with Gasteiger partial charge in [0.25, 0.3) is 0 Å². The average molecular weight is 371 g/mol. The Morgan fingerprint density at radius 3 is 2.89 bits per heavy atom. The van der Waals surface area contributed by atoms with Gasteiger partial charge >= 0.3 is 6.09 Å². The summed E-state index contributed by atoms with van der Waals surface area (Å²) in [5, 5.41) is 18.7. The first-order chi connectivity index (χ1) is 12.7. The molecule has 2 aromatic heterocycles. The Morgan fingerprint density at radius 2 is 2.15 bits per heavy atom. The molecule has 4 rings (SSSR count). The second-order valence-electron chi connectivity index (χ2n) is 7.67. The first-order valence-electron chi connectivity index (χ1n) is 8.59. The zero-order chi connectivity index (χ0) is 19.3. The van der Waals surface area contributed by atoms with Gasteiger partial charge in [-0.2, -0.15) is 5.10 Å². The molecule has 0 saturated carbocycles. The summed E-state index contributed by atoms with van der Waals surface area (Å²) in [4.78, 5) is 13.9. The molecule has 142 valence electrons. The molecule has 9 nitrogen and oxygen atoms in total. The van der Waals surface area contributed by atoms with Gasteiger partial charge in [0.15, 0.2) is 11.4 Å². The van der Waals surface area contributed by atoms with Crippen LogP contribution in [0.4, 0.5) is 10.6 Å². The number of anilines is 1. The van der Waals surface area contributed by atoms with E-state index in [1.807, 2.05) is 20.8 Å². The second-order valence-corrected chi connectivity index (χ2v) is 7.67. The number of ether oxygens (including phenoxy) is 1. The van der Waals surface area contributed by atoms with Crippen LogP contribution < -0.4 is 5.73 Å². The van der Waals surface area contributed by atoms with E-state index >= 15 is 0 Å². The molecule has 0 fully saturated rings. The van der Waals surface area contributed by atoms with Crippen LogP contribution in [-0.4, -0.2) is 36.6 Å². The molecule has 1 amide bonds. The predicted octanol–water partition coefficient (Wildman–Crippen LogP) is 2.61. The number of rotatable bonds is 2. The highest BCUT2D eigenvalue weighted by Crippen LogP contribution is 2.32. The van der Waals surface area contributed by atoms with Crippen LogP contribution in [0.15, 0.2) is 22.9 Å². The van der Waals surface area contributed by atoms with Gasteiger partial charge < -0.3 is 20.1 Å². The third-order valence-corrected chi connectivity index (χ3v) is 4.36. The number of carbonyl (C=O) groups is 1. The lowest BCUT2D eigenvalue weighted by Crippen LogP contribution is -2.33. The van der Waals surface area contributed by atoms with E-state index < -0.39 is 5.60 Å². The Bertz CT molecular complexity index is 1030. The zero-order valence-electron chi connectivity index (χ0n) is 15.4. The molecule has 3 aromatic rings. The summed E-state index contributed by atoms with van der Waals surface area (Å²) in [6.07, 6.45) is 1.41. The summed E-state index contributed by atoms with van der Waals surface area (Å²) in [6.45, 7) is 6.83. The zero-order valence-corrected chi connectivity index (χ0v) is 15.4. The van der Waals surface area contributed by atoms with Crippen LogP contribution in [0.3, 0.4) is 0 Å². The molecule has 0 aliphatic carbocycles. The molecule has 1 aliphatic heterocycles. The van der Waals surface area contributed by atoms with E-state index in [1.54, 1.807) is 27.9 Å². The van der Waals surface area contributed by atoms with E-state index in [4.69, 9.17) is 15.0 Å². The van der Waals surface area contributed by atoms with Gasteiger partial charge in [0, 0.05) is 5.56 Å². The van der Waals surface area contributed by atoms with Gasteiger partial charge in [-0.05, 0) is 38.5 Å². The topological polar surface area (TPSA) is 120 Å². The van der Waals surface area contributed by atoms with Gasteiger partial charge in [-0.3, -0.25) is 9.58 Å². The van der Waals surface area contributed by atoms with E-state index in [0.29, 0.717) is 30.6 Å². The Balaban J connectivity index is 1.55. The molecule has 0 saturated heterocycles. The van der Waals surface area contributed by atoms with Crippen LogP contribution in [0.5, 0.6) is 5.75 Å². The highest BCUT2D eigenvalue weighted by Gasteiger charge is 2.30. The Morgan fingerprint density at radius 1 is 1.37 bits per heavy atom. The maximum absolute atomic E-state index is 12.3. The summed E-state index contributed by atoms with van der Waals surface area (Å²) in [5.41, 5.74) is 8.29. The van der Waals surface area contributed by atoms with E-state index in [1.165, 1.54) is 0 Å². The van der Waals surface area contributed by atoms with Crippen molar-refractivity contribution in [1.82, 2.24) is 19.8 Å². The number of phenols is 1. The highest BCUT2D eigenvalue weighted by molar-refractivity contribution is 5.92. The van der Waals surface area contributed by atoms with E-state index in [2.05, 4.69) is 10.3 Å². The molecule has 3 N–H and O–H groups in total. The number of hydrogen-bond acceptors (Lipinski definition) is 7. The number of aromatic nitrogens is 3. The third-order valence-electron chi connectivity index (χ3n) is 4.36. The van der Waals surface area contributed by atoms with Crippen LogP contribution in [0, 0.1) is 0 Å². The van der Waals surface area contributed by atoms with Crippen molar-refractivity contribution in [2.45, 2.75) is 46.0 Å². The van der Waals surface area contributed by atoms with Crippen LogP contribution in [-0.2, 0) is 24.4 Å². The molecule has 0 atom stereocenters. The van der Waals surface area contributed by atoms with Crippen molar-refractivity contribution in [2.24, 2.45) is 0 Å². The maximum atomic E-state index is 12.3. The SMILES string of the molecule is CC(C)(C)OC(=O)N1Cc2cnn(Cc3cc(O)c4c(N)noc4c3)c2C1. The molecule has 0 radical (unpaired) electrons. The number of amides is 1. The normalized spacial score (nSPS) is 14.0. The largest absolute Gasteiger partial charge is 0.507 e. The van der Waals surface area contributed by atoms with Crippen molar-refractivity contribution in [3.8, 4) is 5.75 Å². The summed E-state index contributed by atoms with van der Waals surface area (Å²) in [5.74, 6) is 0.169. The predicted molar refractivity (Wildman–Crippen MR) is 96.9 cm³/mol. The number of phenolic OH excluding ortho intramolecular Hbond substituents is 1. The van der Waals surface area contributed by atoms with Crippen molar-refractivity contribution >= 4 is 22.9 Å². The quantitative estimate of drug-likeness (QED) is 0.710. The molecular formula is C18H21N5O4. The Hall–Kier alpha value is -3.23. The van der Waals surface area contributed by atoms with Gasteiger partial charge in [-0.15, -0.1) is 0 Å². The lowest BCUT2D eigenvalue weighted by Gasteiger charge is -2.24. The van der Waals surface area contributed by atoms with Crippen molar-refractivity contribution in [1.29, 1.82) is 0 Å². The molecule has 3 heterocycles. The van der Waals surface area contributed by atoms with Crippen molar-refractivity contribution in [3.05, 3.63) is 35.2 Å². The number of aromatic hydroxyl groups is 1. The number of carbonyl (C=O) groups excluding carboxylic acids is 1. The van der Waals surface area contributed by atoms with Gasteiger partial charge in [0.2, 0.25) is 0 Å². The van der Waals surface area contributed by atoms with Crippen molar-refractivity contribution in [3.63, 3.8) is 0 Å². The monoisotopic (exact) mass is 371 g/mol. The van der Waals surface area contributed by atoms with Gasteiger partial charge in [-0.25, -0.2) is 4.79 Å². The van der Waals surface area contributed by atoms with Crippen LogP contribution in [0.25, 0.3) is 11.0 Å². The van der Waals surface area contributed by atoms with Gasteiger partial charge in [-0.1, -0.05) is 5.16 Å². The van der Waals surface area contributed by atoms with Gasteiger partial charge in [0.05, 0.1) is 31.5 Å². The summed E-state index contributed by atoms with van der Waals surface area (Å²) >= 11 is 0. The highest BCUT2D eigenvalue weighted by atomic mass is 16.6. The fourth-order valence-electron chi connectivity index (χ4n) is 3.19. The molecule has 0 spiro atoms. The standard InChI is InChI=1S/C18H21N5O4/c1-18(2,3)26-17(25)22-8-11-6-20-23(12(11)9-22)7-10-4-13(24)15-14(5-10)27-21-16(15)19/h4-6,24H,7-9H2,1-3H3,(H2,19,21). The van der Waals surface area contributed by atoms with Crippen LogP contribution >= 0.6 is 0 Å². The Kier molecular flexibility index (Phi) is 3.76. The fourth-order valence-corrected chi connectivity index (χ4v) is 3.19. The number of nitrogen functional groups attached to an aromatic ring is 1. The van der Waals surface area contributed by atoms with Crippen LogP contribution in [0.2, 0.25) is 0 Å². The Labute approximate surface area is 155 Å². The van der Waals surface area contributed by atoms with E-state index in [9.17, 15) is 9.90 Å². The minimum Gasteiger partial charge on any atom is -0.507 e. The molecule has 0 unspecified atom stereocenters. The second kappa shape index (κ2) is 5.90. The number of nitrogens with two attached hydrogens (primary N) is 1. The van der Waals surface area contributed by atoms with E-state index in [0.717, 1.165) is 16.8 Å². The summed E-state index contributed by atoms with van der Waals surface area (Å²) in [7, 11) is 0. The number of benzene rings is 1. The first-order valence-corrected chi connectivity index (χ1v) is 8.59. The van der Waals surface area contributed by atoms with Crippen molar-refractivity contribution < 1.29 is 19.2 Å². The molecule has 0 bridgehead atoms. The summed E-state index contributed by atoms with van der Waals surface area (Å²) in [6, 6.07) is 3.39. The number of nitrogens with zero attached hydrogens (tertiary/aromatic N) is 4. The van der Waals surface area contributed by atoms with Crippen molar-refractivity contribution in [2.75, 3.05) is 5.73 Å².